The van der Waals surface area contributed by atoms with Crippen LogP contribution >= 0.6 is 0 Å². The van der Waals surface area contributed by atoms with Gasteiger partial charge in [0, 0.05) is 25.2 Å². The summed E-state index contributed by atoms with van der Waals surface area (Å²) in [6, 6.07) is 3.33. The molecule has 5 unspecified atom stereocenters. The Morgan fingerprint density at radius 2 is 1.82 bits per heavy atom. The van der Waals surface area contributed by atoms with Crippen molar-refractivity contribution in [2.75, 3.05) is 13.7 Å². The molecule has 5 aliphatic rings. The molecule has 0 spiro atoms. The summed E-state index contributed by atoms with van der Waals surface area (Å²) in [6.07, 6.45) is 4.78. The van der Waals surface area contributed by atoms with E-state index in [2.05, 4.69) is 6.92 Å². The first-order valence-corrected chi connectivity index (χ1v) is 15.2. The van der Waals surface area contributed by atoms with E-state index in [-0.39, 0.29) is 52.8 Å². The number of hydrogen-bond donors (Lipinski definition) is 4. The Labute approximate surface area is 235 Å². The largest absolute Gasteiger partial charge is 0.431 e. The van der Waals surface area contributed by atoms with E-state index in [0.717, 1.165) is 56.9 Å². The van der Waals surface area contributed by atoms with E-state index in [0.29, 0.717) is 6.42 Å². The van der Waals surface area contributed by atoms with E-state index in [1.165, 1.54) is 13.2 Å². The van der Waals surface area contributed by atoms with Gasteiger partial charge in [-0.15, -0.1) is 0 Å². The molecule has 2 heterocycles. The molecule has 1 aromatic rings. The van der Waals surface area contributed by atoms with E-state index in [4.69, 9.17) is 18.6 Å². The van der Waals surface area contributed by atoms with Gasteiger partial charge in [0.2, 0.25) is 0 Å². The molecule has 6 rings (SSSR count). The lowest BCUT2D eigenvalue weighted by Crippen LogP contribution is -2.64. The number of aliphatic hydroxyl groups excluding tert-OH is 3. The number of rotatable bonds is 5. The van der Waals surface area contributed by atoms with Gasteiger partial charge in [0.15, 0.2) is 6.29 Å². The highest BCUT2D eigenvalue weighted by Crippen LogP contribution is 2.70. The quantitative estimate of drug-likeness (QED) is 0.399. The second-order valence-corrected chi connectivity index (χ2v) is 13.7. The molecule has 4 N–H and O–H groups in total. The average molecular weight is 563 g/mol. The lowest BCUT2D eigenvalue weighted by Gasteiger charge is -2.64. The molecule has 9 heteroatoms. The normalized spacial score (nSPS) is 50.6. The average Bonchev–Trinajstić information content (AvgIpc) is 3.23. The third-order valence-corrected chi connectivity index (χ3v) is 12.3. The molecule has 0 amide bonds. The molecular weight excluding hydrogens is 516 g/mol. The first-order valence-electron chi connectivity index (χ1n) is 15.2. The molecule has 224 valence electrons. The van der Waals surface area contributed by atoms with E-state index in [9.17, 15) is 25.2 Å². The molecular formula is C31H46O9. The van der Waals surface area contributed by atoms with Crippen molar-refractivity contribution in [1.29, 1.82) is 0 Å². The fourth-order valence-electron chi connectivity index (χ4n) is 10.1. The van der Waals surface area contributed by atoms with Crippen molar-refractivity contribution in [2.45, 2.75) is 120 Å². The van der Waals surface area contributed by atoms with Gasteiger partial charge in [0.05, 0.1) is 24.1 Å². The summed E-state index contributed by atoms with van der Waals surface area (Å²) in [5, 5.41) is 44.5. The molecule has 0 bridgehead atoms. The van der Waals surface area contributed by atoms with Crippen LogP contribution in [0.3, 0.4) is 0 Å². The molecule has 9 nitrogen and oxygen atoms in total. The van der Waals surface area contributed by atoms with Crippen molar-refractivity contribution >= 4 is 0 Å². The minimum atomic E-state index is -1.09. The third-order valence-electron chi connectivity index (χ3n) is 12.3. The summed E-state index contributed by atoms with van der Waals surface area (Å²) in [6.45, 7) is 4.07. The maximum Gasteiger partial charge on any atom is 0.335 e. The number of hydrogen-bond acceptors (Lipinski definition) is 9. The minimum absolute atomic E-state index is 0.100. The number of aliphatic hydroxyl groups is 4. The van der Waals surface area contributed by atoms with Crippen LogP contribution in [-0.2, 0) is 14.2 Å². The van der Waals surface area contributed by atoms with Crippen LogP contribution in [-0.4, -0.2) is 76.6 Å². The molecule has 1 saturated heterocycles. The zero-order valence-corrected chi connectivity index (χ0v) is 23.9. The number of ether oxygens (including phenoxy) is 3. The van der Waals surface area contributed by atoms with Crippen LogP contribution < -0.4 is 5.63 Å². The van der Waals surface area contributed by atoms with Gasteiger partial charge in [-0.2, -0.15) is 0 Å². The zero-order valence-electron chi connectivity index (χ0n) is 23.9. The molecule has 4 saturated carbocycles. The minimum Gasteiger partial charge on any atom is -0.431 e. The maximum absolute atomic E-state index is 12.5. The smallest absolute Gasteiger partial charge is 0.335 e. The Bertz CT molecular complexity index is 1100. The second kappa shape index (κ2) is 10.4. The van der Waals surface area contributed by atoms with Gasteiger partial charge in [-0.25, -0.2) is 4.79 Å². The topological polar surface area (TPSA) is 139 Å². The Hall–Kier alpha value is -1.33. The lowest BCUT2D eigenvalue weighted by molar-refractivity contribution is -0.314. The van der Waals surface area contributed by atoms with Crippen LogP contribution in [0, 0.1) is 28.6 Å². The van der Waals surface area contributed by atoms with Gasteiger partial charge in [-0.3, -0.25) is 0 Å². The van der Waals surface area contributed by atoms with E-state index in [1.54, 1.807) is 13.2 Å². The highest BCUT2D eigenvalue weighted by atomic mass is 16.7. The fraction of sp³-hybridized carbons (Fsp3) is 0.839. The molecule has 1 aromatic heterocycles. The molecule has 13 atom stereocenters. The van der Waals surface area contributed by atoms with Crippen LogP contribution in [0.15, 0.2) is 27.6 Å². The predicted octanol–water partition coefficient (Wildman–Crippen LogP) is 2.72. The van der Waals surface area contributed by atoms with E-state index in [1.807, 2.05) is 6.07 Å². The summed E-state index contributed by atoms with van der Waals surface area (Å²) >= 11 is 0. The SMILES string of the molecule is COC1C(O)[C@H](O[C@H]2CC[C@]3(CO)C4CC[C@]5(C)[C@@H](c6ccc(=O)oc6)CC[C@]5(O)C4CC[C@@H]3C2)OC(C)[C@H]1O. The summed E-state index contributed by atoms with van der Waals surface area (Å²) in [5.41, 5.74) is -0.773. The molecule has 5 fully saturated rings. The second-order valence-electron chi connectivity index (χ2n) is 13.7. The Balaban J connectivity index is 1.19. The van der Waals surface area contributed by atoms with Crippen molar-refractivity contribution < 1.29 is 39.1 Å². The van der Waals surface area contributed by atoms with Crippen LogP contribution in [0.1, 0.15) is 83.1 Å². The van der Waals surface area contributed by atoms with Crippen molar-refractivity contribution in [1.82, 2.24) is 0 Å². The van der Waals surface area contributed by atoms with Crippen molar-refractivity contribution in [2.24, 2.45) is 28.6 Å². The van der Waals surface area contributed by atoms with Crippen LogP contribution in [0.5, 0.6) is 0 Å². The van der Waals surface area contributed by atoms with Gasteiger partial charge in [0.25, 0.3) is 0 Å². The predicted molar refractivity (Wildman–Crippen MR) is 144 cm³/mol. The Morgan fingerprint density at radius 1 is 1.02 bits per heavy atom. The summed E-state index contributed by atoms with van der Waals surface area (Å²) in [4.78, 5) is 11.6. The molecule has 0 aromatic carbocycles. The summed E-state index contributed by atoms with van der Waals surface area (Å²) in [5.74, 6) is 0.731. The van der Waals surface area contributed by atoms with E-state index >= 15 is 0 Å². The van der Waals surface area contributed by atoms with Crippen LogP contribution in [0.25, 0.3) is 0 Å². The van der Waals surface area contributed by atoms with Gasteiger partial charge in [0.1, 0.15) is 18.3 Å². The lowest BCUT2D eigenvalue weighted by atomic mass is 9.43. The molecule has 1 aliphatic heterocycles. The van der Waals surface area contributed by atoms with E-state index < -0.39 is 36.3 Å². The fourth-order valence-corrected chi connectivity index (χ4v) is 10.1. The highest BCUT2D eigenvalue weighted by Gasteiger charge is 2.68. The highest BCUT2D eigenvalue weighted by molar-refractivity contribution is 5.27. The number of fused-ring (bicyclic) bond motifs is 5. The van der Waals surface area contributed by atoms with Crippen molar-refractivity contribution in [3.63, 3.8) is 0 Å². The zero-order chi connectivity index (χ0) is 28.4. The number of methoxy groups -OCH3 is 1. The maximum atomic E-state index is 12.5. The Morgan fingerprint density at radius 3 is 2.52 bits per heavy atom. The monoisotopic (exact) mass is 562 g/mol. The molecule has 0 radical (unpaired) electrons. The van der Waals surface area contributed by atoms with Gasteiger partial charge in [-0.05, 0) is 105 Å². The van der Waals surface area contributed by atoms with Crippen molar-refractivity contribution in [3.05, 3.63) is 34.4 Å². The standard InChI is InChI=1S/C31H46O9/c1-17-25(34)27(37-3)26(35)28(39-17)40-20-8-12-30(16-32)19(14-20)5-6-23-22(30)9-11-29(2)21(10-13-31(23,29)36)18-4-7-24(33)38-15-18/h4,7,15,17,19-23,25-28,32,34-36H,5-6,8-14,16H2,1-3H3/t17?,19-,20+,21-,22?,23?,25-,26?,27?,28+,29-,30-,31+/m1/s1. The van der Waals surface area contributed by atoms with Crippen LogP contribution in [0.4, 0.5) is 0 Å². The Kier molecular flexibility index (Phi) is 7.51. The van der Waals surface area contributed by atoms with Gasteiger partial charge < -0.3 is 39.1 Å². The summed E-state index contributed by atoms with van der Waals surface area (Å²) < 4.78 is 22.7. The third kappa shape index (κ3) is 4.18. The van der Waals surface area contributed by atoms with Crippen LogP contribution in [0.2, 0.25) is 0 Å². The van der Waals surface area contributed by atoms with Crippen molar-refractivity contribution in [3.8, 4) is 0 Å². The first kappa shape index (κ1) is 28.8. The molecule has 40 heavy (non-hydrogen) atoms. The van der Waals surface area contributed by atoms with Gasteiger partial charge in [-0.1, -0.05) is 6.92 Å². The van der Waals surface area contributed by atoms with Gasteiger partial charge >= 0.3 is 5.63 Å². The molecule has 4 aliphatic carbocycles. The first-order chi connectivity index (χ1) is 19.1. The summed E-state index contributed by atoms with van der Waals surface area (Å²) in [7, 11) is 1.47.